The van der Waals surface area contributed by atoms with Crippen LogP contribution in [-0.2, 0) is 23.0 Å². The molecule has 6 nitrogen and oxygen atoms in total. The van der Waals surface area contributed by atoms with Crippen molar-refractivity contribution in [2.24, 2.45) is 5.92 Å². The fourth-order valence-electron chi connectivity index (χ4n) is 2.85. The maximum Gasteiger partial charge on any atom is 0.268 e. The smallest absolute Gasteiger partial charge is 0.268 e. The highest BCUT2D eigenvalue weighted by Crippen LogP contribution is 2.23. The second-order valence-electron chi connectivity index (χ2n) is 6.29. The van der Waals surface area contributed by atoms with E-state index in [1.165, 1.54) is 13.1 Å². The van der Waals surface area contributed by atoms with Crippen LogP contribution in [0.5, 0.6) is 0 Å². The van der Waals surface area contributed by atoms with Gasteiger partial charge in [-0.3, -0.25) is 9.48 Å². The average Bonchev–Trinajstić information content (AvgIpc) is 2.93. The molecule has 1 amide bonds. The van der Waals surface area contributed by atoms with E-state index in [0.717, 1.165) is 12.5 Å². The molecule has 9 heteroatoms. The SMILES string of the molecule is Cc1cc(F)c(S(=O)(=O)NC(=O)c2cnn3c2CC(C)CC3)cc1F. The molecule has 1 unspecified atom stereocenters. The van der Waals surface area contributed by atoms with Crippen LogP contribution in [-0.4, -0.2) is 24.1 Å². The van der Waals surface area contributed by atoms with Crippen molar-refractivity contribution in [2.45, 2.75) is 38.1 Å². The van der Waals surface area contributed by atoms with Gasteiger partial charge in [0.1, 0.15) is 16.5 Å². The number of fused-ring (bicyclic) bond motifs is 1. The number of hydrogen-bond donors (Lipinski definition) is 1. The lowest BCUT2D eigenvalue weighted by Gasteiger charge is -2.20. The Bertz CT molecular complexity index is 954. The largest absolute Gasteiger partial charge is 0.269 e. The molecule has 1 N–H and O–H groups in total. The first-order chi connectivity index (χ1) is 11.7. The number of hydrogen-bond acceptors (Lipinski definition) is 4. The Morgan fingerprint density at radius 1 is 1.32 bits per heavy atom. The maximum absolute atomic E-state index is 13.9. The van der Waals surface area contributed by atoms with E-state index in [0.29, 0.717) is 30.6 Å². The van der Waals surface area contributed by atoms with Gasteiger partial charge in [0.05, 0.1) is 17.5 Å². The summed E-state index contributed by atoms with van der Waals surface area (Å²) in [5.41, 5.74) is 0.743. The van der Waals surface area contributed by atoms with Gasteiger partial charge in [0.25, 0.3) is 15.9 Å². The van der Waals surface area contributed by atoms with Gasteiger partial charge in [-0.25, -0.2) is 21.9 Å². The monoisotopic (exact) mass is 369 g/mol. The summed E-state index contributed by atoms with van der Waals surface area (Å²) >= 11 is 0. The van der Waals surface area contributed by atoms with Crippen LogP contribution in [0, 0.1) is 24.5 Å². The molecular weight excluding hydrogens is 352 g/mol. The van der Waals surface area contributed by atoms with Crippen LogP contribution < -0.4 is 4.72 Å². The molecule has 3 rings (SSSR count). The molecule has 0 radical (unpaired) electrons. The van der Waals surface area contributed by atoms with Crippen molar-refractivity contribution >= 4 is 15.9 Å². The summed E-state index contributed by atoms with van der Waals surface area (Å²) in [5.74, 6) is -2.55. The molecule has 0 spiro atoms. The van der Waals surface area contributed by atoms with Crippen molar-refractivity contribution in [3.05, 3.63) is 46.8 Å². The fourth-order valence-corrected chi connectivity index (χ4v) is 3.89. The Kier molecular flexibility index (Phi) is 4.36. The second kappa shape index (κ2) is 6.21. The van der Waals surface area contributed by atoms with Crippen molar-refractivity contribution in [3.63, 3.8) is 0 Å². The zero-order valence-corrected chi connectivity index (χ0v) is 14.5. The molecule has 0 bridgehead atoms. The van der Waals surface area contributed by atoms with Crippen molar-refractivity contribution in [2.75, 3.05) is 0 Å². The summed E-state index contributed by atoms with van der Waals surface area (Å²) in [7, 11) is -4.55. The van der Waals surface area contributed by atoms with Crippen LogP contribution in [0.25, 0.3) is 0 Å². The minimum absolute atomic E-state index is 0.0255. The number of benzene rings is 1. The summed E-state index contributed by atoms with van der Waals surface area (Å²) in [5, 5.41) is 4.09. The highest BCUT2D eigenvalue weighted by molar-refractivity contribution is 7.90. The summed E-state index contributed by atoms with van der Waals surface area (Å²) in [6.45, 7) is 3.99. The molecule has 2 heterocycles. The van der Waals surface area contributed by atoms with Crippen molar-refractivity contribution in [1.29, 1.82) is 0 Å². The normalized spacial score (nSPS) is 17.2. The summed E-state index contributed by atoms with van der Waals surface area (Å²) in [6, 6.07) is 1.34. The molecule has 2 aromatic rings. The molecule has 0 saturated heterocycles. The number of halogens is 2. The van der Waals surface area contributed by atoms with Crippen LogP contribution in [0.3, 0.4) is 0 Å². The molecule has 25 heavy (non-hydrogen) atoms. The summed E-state index contributed by atoms with van der Waals surface area (Å²) in [4.78, 5) is 11.5. The van der Waals surface area contributed by atoms with E-state index in [2.05, 4.69) is 5.10 Å². The zero-order valence-electron chi connectivity index (χ0n) is 13.7. The number of sulfonamides is 1. The molecule has 134 valence electrons. The minimum Gasteiger partial charge on any atom is -0.269 e. The lowest BCUT2D eigenvalue weighted by Crippen LogP contribution is -2.32. The molecule has 1 atom stereocenters. The minimum atomic E-state index is -4.55. The number of amides is 1. The number of carbonyl (C=O) groups is 1. The van der Waals surface area contributed by atoms with Gasteiger partial charge < -0.3 is 0 Å². The predicted molar refractivity (Wildman–Crippen MR) is 85.5 cm³/mol. The number of aryl methyl sites for hydroxylation is 2. The molecule has 1 aliphatic rings. The van der Waals surface area contributed by atoms with Gasteiger partial charge in [-0.1, -0.05) is 6.92 Å². The Hall–Kier alpha value is -2.29. The third-order valence-corrected chi connectivity index (χ3v) is 5.64. The number of rotatable bonds is 3. The van der Waals surface area contributed by atoms with E-state index in [1.54, 1.807) is 9.40 Å². The number of carbonyl (C=O) groups excluding carboxylic acids is 1. The van der Waals surface area contributed by atoms with E-state index < -0.39 is 32.5 Å². The van der Waals surface area contributed by atoms with Gasteiger partial charge in [-0.2, -0.15) is 5.10 Å². The molecule has 1 aromatic carbocycles. The second-order valence-corrected chi connectivity index (χ2v) is 7.94. The summed E-state index contributed by atoms with van der Waals surface area (Å²) < 4.78 is 55.6. The van der Waals surface area contributed by atoms with E-state index in [1.807, 2.05) is 6.92 Å². The first kappa shape index (κ1) is 17.5. The number of nitrogens with one attached hydrogen (secondary N) is 1. The van der Waals surface area contributed by atoms with E-state index in [9.17, 15) is 22.0 Å². The Morgan fingerprint density at radius 2 is 2.04 bits per heavy atom. The van der Waals surface area contributed by atoms with Crippen LogP contribution in [0.2, 0.25) is 0 Å². The van der Waals surface area contributed by atoms with Crippen LogP contribution in [0.4, 0.5) is 8.78 Å². The van der Waals surface area contributed by atoms with Gasteiger partial charge in [0.15, 0.2) is 0 Å². The van der Waals surface area contributed by atoms with E-state index >= 15 is 0 Å². The van der Waals surface area contributed by atoms with Crippen LogP contribution in [0.15, 0.2) is 23.2 Å². The molecule has 1 aromatic heterocycles. The van der Waals surface area contributed by atoms with E-state index in [4.69, 9.17) is 0 Å². The van der Waals surface area contributed by atoms with E-state index in [-0.39, 0.29) is 11.1 Å². The topological polar surface area (TPSA) is 81.1 Å². The first-order valence-electron chi connectivity index (χ1n) is 7.76. The molecule has 1 aliphatic heterocycles. The first-order valence-corrected chi connectivity index (χ1v) is 9.25. The highest BCUT2D eigenvalue weighted by atomic mass is 32.2. The molecule has 0 aliphatic carbocycles. The molecule has 0 fully saturated rings. The Balaban J connectivity index is 1.91. The van der Waals surface area contributed by atoms with Gasteiger partial charge in [-0.15, -0.1) is 0 Å². The fraction of sp³-hybridized carbons (Fsp3) is 0.375. The van der Waals surface area contributed by atoms with Crippen LogP contribution in [0.1, 0.15) is 35.0 Å². The maximum atomic E-state index is 13.9. The van der Waals surface area contributed by atoms with Crippen molar-refractivity contribution in [3.8, 4) is 0 Å². The molecular formula is C16H17F2N3O3S. The van der Waals surface area contributed by atoms with Gasteiger partial charge in [0, 0.05) is 6.54 Å². The van der Waals surface area contributed by atoms with Crippen molar-refractivity contribution in [1.82, 2.24) is 14.5 Å². The standard InChI is InChI=1S/C16H17F2N3O3S/c1-9-3-4-21-14(5-9)11(8-19-21)16(22)20-25(23,24)15-7-12(17)10(2)6-13(15)18/h6-9H,3-5H2,1-2H3,(H,20,22). The third kappa shape index (κ3) is 3.28. The van der Waals surface area contributed by atoms with Gasteiger partial charge in [0.2, 0.25) is 0 Å². The lowest BCUT2D eigenvalue weighted by atomic mass is 9.96. The lowest BCUT2D eigenvalue weighted by molar-refractivity contribution is 0.0979. The Labute approximate surface area is 143 Å². The van der Waals surface area contributed by atoms with Gasteiger partial charge in [-0.05, 0) is 43.4 Å². The number of aromatic nitrogens is 2. The highest BCUT2D eigenvalue weighted by Gasteiger charge is 2.28. The Morgan fingerprint density at radius 3 is 2.76 bits per heavy atom. The van der Waals surface area contributed by atoms with Crippen molar-refractivity contribution < 1.29 is 22.0 Å². The molecule has 0 saturated carbocycles. The summed E-state index contributed by atoms with van der Waals surface area (Å²) in [6.07, 6.45) is 2.81. The predicted octanol–water partition coefficient (Wildman–Crippen LogP) is 2.17. The van der Waals surface area contributed by atoms with Crippen LogP contribution >= 0.6 is 0 Å². The third-order valence-electron chi connectivity index (χ3n) is 4.30. The zero-order chi connectivity index (χ0) is 18.4. The van der Waals surface area contributed by atoms with Gasteiger partial charge >= 0.3 is 0 Å². The average molecular weight is 369 g/mol. The number of nitrogens with zero attached hydrogens (tertiary/aromatic N) is 2. The quantitative estimate of drug-likeness (QED) is 0.899.